The van der Waals surface area contributed by atoms with Crippen molar-refractivity contribution in [3.63, 3.8) is 0 Å². The van der Waals surface area contributed by atoms with Crippen LogP contribution < -0.4 is 0 Å². The van der Waals surface area contributed by atoms with E-state index in [0.717, 1.165) is 19.4 Å². The van der Waals surface area contributed by atoms with Gasteiger partial charge < -0.3 is 10.2 Å². The predicted octanol–water partition coefficient (Wildman–Crippen LogP) is 2.11. The second-order valence-electron chi connectivity index (χ2n) is 4.99. The summed E-state index contributed by atoms with van der Waals surface area (Å²) >= 11 is 0. The molecule has 0 atom stereocenters. The second kappa shape index (κ2) is 7.67. The van der Waals surface area contributed by atoms with Crippen LogP contribution in [0.15, 0.2) is 0 Å². The van der Waals surface area contributed by atoms with Crippen molar-refractivity contribution in [2.24, 2.45) is 0 Å². The molecule has 0 aliphatic rings. The van der Waals surface area contributed by atoms with E-state index in [4.69, 9.17) is 5.11 Å². The molecule has 4 heteroatoms. The number of aliphatic hydroxyl groups is 1. The molecule has 0 aromatic rings. The van der Waals surface area contributed by atoms with E-state index in [9.17, 15) is 9.90 Å². The first-order chi connectivity index (χ1) is 7.84. The zero-order valence-corrected chi connectivity index (χ0v) is 11.6. The number of carboxylic acid groups (broad SMARTS) is 1. The van der Waals surface area contributed by atoms with Crippen molar-refractivity contribution in [1.82, 2.24) is 4.90 Å². The van der Waals surface area contributed by atoms with Crippen LogP contribution in [0.5, 0.6) is 0 Å². The third-order valence-corrected chi connectivity index (χ3v) is 3.38. The molecule has 17 heavy (non-hydrogen) atoms. The maximum absolute atomic E-state index is 10.5. The van der Waals surface area contributed by atoms with Crippen LogP contribution in [0.2, 0.25) is 0 Å². The van der Waals surface area contributed by atoms with Gasteiger partial charge in [0.15, 0.2) is 0 Å². The fourth-order valence-corrected chi connectivity index (χ4v) is 1.80. The minimum Gasteiger partial charge on any atom is -0.481 e. The Morgan fingerprint density at radius 2 is 1.82 bits per heavy atom. The van der Waals surface area contributed by atoms with Gasteiger partial charge >= 0.3 is 5.97 Å². The van der Waals surface area contributed by atoms with Crippen molar-refractivity contribution >= 4 is 5.97 Å². The fourth-order valence-electron chi connectivity index (χ4n) is 1.80. The zero-order chi connectivity index (χ0) is 13.5. The number of hydrogen-bond acceptors (Lipinski definition) is 3. The van der Waals surface area contributed by atoms with Gasteiger partial charge in [-0.2, -0.15) is 0 Å². The Hall–Kier alpha value is -0.610. The summed E-state index contributed by atoms with van der Waals surface area (Å²) in [6.07, 6.45) is 2.29. The van der Waals surface area contributed by atoms with Crippen molar-refractivity contribution in [1.29, 1.82) is 0 Å². The Kier molecular flexibility index (Phi) is 7.39. The van der Waals surface area contributed by atoms with E-state index in [1.165, 1.54) is 0 Å². The van der Waals surface area contributed by atoms with Gasteiger partial charge in [0.05, 0.1) is 5.60 Å². The lowest BCUT2D eigenvalue weighted by Crippen LogP contribution is -2.45. The highest BCUT2D eigenvalue weighted by molar-refractivity contribution is 5.66. The smallest absolute Gasteiger partial charge is 0.303 e. The minimum absolute atomic E-state index is 0.194. The summed E-state index contributed by atoms with van der Waals surface area (Å²) in [7, 11) is 0. The maximum atomic E-state index is 10.5. The molecule has 0 heterocycles. The Morgan fingerprint density at radius 1 is 1.29 bits per heavy atom. The van der Waals surface area contributed by atoms with E-state index >= 15 is 0 Å². The maximum Gasteiger partial charge on any atom is 0.303 e. The molecule has 0 unspecified atom stereocenters. The molecule has 4 nitrogen and oxygen atoms in total. The van der Waals surface area contributed by atoms with Crippen LogP contribution in [0.3, 0.4) is 0 Å². The molecule has 2 N–H and O–H groups in total. The molecule has 0 saturated carbocycles. The first-order valence-electron chi connectivity index (χ1n) is 6.53. The van der Waals surface area contributed by atoms with Crippen molar-refractivity contribution in [2.45, 2.75) is 65.0 Å². The lowest BCUT2D eigenvalue weighted by Gasteiger charge is -2.35. The van der Waals surface area contributed by atoms with E-state index in [1.54, 1.807) is 0 Å². The highest BCUT2D eigenvalue weighted by Gasteiger charge is 2.26. The first kappa shape index (κ1) is 16.4. The van der Waals surface area contributed by atoms with E-state index in [1.807, 2.05) is 13.8 Å². The van der Waals surface area contributed by atoms with Gasteiger partial charge in [0, 0.05) is 19.0 Å². The number of aliphatic carboxylic acids is 1. The summed E-state index contributed by atoms with van der Waals surface area (Å²) < 4.78 is 0. The molecule has 0 rings (SSSR count). The molecule has 0 bridgehead atoms. The number of carboxylic acids is 1. The summed E-state index contributed by atoms with van der Waals surface area (Å²) in [6, 6.07) is 0.327. The number of carbonyl (C=O) groups is 1. The number of hydrogen-bond donors (Lipinski definition) is 2. The van der Waals surface area contributed by atoms with E-state index in [0.29, 0.717) is 19.0 Å². The van der Waals surface area contributed by atoms with Crippen molar-refractivity contribution in [2.75, 3.05) is 13.1 Å². The molecule has 0 saturated heterocycles. The molecule has 102 valence electrons. The van der Waals surface area contributed by atoms with E-state index < -0.39 is 11.6 Å². The number of rotatable bonds is 9. The second-order valence-corrected chi connectivity index (χ2v) is 4.99. The molecular formula is C13H27NO3. The van der Waals surface area contributed by atoms with Gasteiger partial charge in [-0.25, -0.2) is 0 Å². The van der Waals surface area contributed by atoms with Gasteiger partial charge in [-0.05, 0) is 39.7 Å². The first-order valence-corrected chi connectivity index (χ1v) is 6.53. The van der Waals surface area contributed by atoms with Gasteiger partial charge in [0.25, 0.3) is 0 Å². The van der Waals surface area contributed by atoms with Crippen molar-refractivity contribution < 1.29 is 15.0 Å². The predicted molar refractivity (Wildman–Crippen MR) is 69.1 cm³/mol. The lowest BCUT2D eigenvalue weighted by atomic mass is 9.96. The molecule has 0 amide bonds. The topological polar surface area (TPSA) is 60.8 Å². The van der Waals surface area contributed by atoms with Crippen molar-refractivity contribution in [3.8, 4) is 0 Å². The molecule has 0 aromatic carbocycles. The Labute approximate surface area is 105 Å². The standard InChI is InChI=1S/C13H27NO3/c1-5-13(17,6-2)10-14(11(3)4)9-7-8-12(15)16/h11,17H,5-10H2,1-4H3,(H,15,16). The summed E-state index contributed by atoms with van der Waals surface area (Å²) in [5.74, 6) is -0.755. The van der Waals surface area contributed by atoms with Gasteiger partial charge in [-0.1, -0.05) is 13.8 Å². The third-order valence-electron chi connectivity index (χ3n) is 3.38. The van der Waals surface area contributed by atoms with Crippen LogP contribution in [0.1, 0.15) is 53.4 Å². The Balaban J connectivity index is 4.28. The van der Waals surface area contributed by atoms with Crippen LogP contribution >= 0.6 is 0 Å². The lowest BCUT2D eigenvalue weighted by molar-refractivity contribution is -0.137. The quantitative estimate of drug-likeness (QED) is 0.653. The van der Waals surface area contributed by atoms with Crippen LogP contribution in [-0.4, -0.2) is 45.8 Å². The minimum atomic E-state index is -0.755. The highest BCUT2D eigenvalue weighted by Crippen LogP contribution is 2.18. The van der Waals surface area contributed by atoms with Crippen LogP contribution in [0.25, 0.3) is 0 Å². The third kappa shape index (κ3) is 6.64. The Bertz CT molecular complexity index is 225. The normalized spacial score (nSPS) is 12.4. The average molecular weight is 245 g/mol. The van der Waals surface area contributed by atoms with Crippen LogP contribution in [-0.2, 0) is 4.79 Å². The molecule has 0 aliphatic heterocycles. The van der Waals surface area contributed by atoms with Crippen molar-refractivity contribution in [3.05, 3.63) is 0 Å². The van der Waals surface area contributed by atoms with Gasteiger partial charge in [-0.3, -0.25) is 9.69 Å². The summed E-state index contributed by atoms with van der Waals surface area (Å²) in [6.45, 7) is 9.47. The summed E-state index contributed by atoms with van der Waals surface area (Å²) in [4.78, 5) is 12.6. The summed E-state index contributed by atoms with van der Waals surface area (Å²) in [5, 5.41) is 18.9. The van der Waals surface area contributed by atoms with Gasteiger partial charge in [-0.15, -0.1) is 0 Å². The molecule has 0 radical (unpaired) electrons. The van der Waals surface area contributed by atoms with Gasteiger partial charge in [0.2, 0.25) is 0 Å². The van der Waals surface area contributed by atoms with E-state index in [-0.39, 0.29) is 6.42 Å². The molecule has 0 fully saturated rings. The molecule has 0 spiro atoms. The number of nitrogens with zero attached hydrogens (tertiary/aromatic N) is 1. The van der Waals surface area contributed by atoms with Gasteiger partial charge in [0.1, 0.15) is 0 Å². The van der Waals surface area contributed by atoms with E-state index in [2.05, 4.69) is 18.7 Å². The zero-order valence-electron chi connectivity index (χ0n) is 11.6. The highest BCUT2D eigenvalue weighted by atomic mass is 16.4. The van der Waals surface area contributed by atoms with Crippen LogP contribution in [0.4, 0.5) is 0 Å². The largest absolute Gasteiger partial charge is 0.481 e. The average Bonchev–Trinajstić information content (AvgIpc) is 2.27. The Morgan fingerprint density at radius 3 is 2.18 bits per heavy atom. The summed E-state index contributed by atoms with van der Waals surface area (Å²) in [5.41, 5.74) is -0.645. The molecular weight excluding hydrogens is 218 g/mol. The van der Waals surface area contributed by atoms with Crippen LogP contribution in [0, 0.1) is 0 Å². The fraction of sp³-hybridized carbons (Fsp3) is 0.923. The SMILES string of the molecule is CCC(O)(CC)CN(CCCC(=O)O)C(C)C. The monoisotopic (exact) mass is 245 g/mol. The molecule has 0 aliphatic carbocycles. The molecule has 0 aromatic heterocycles.